The lowest BCUT2D eigenvalue weighted by Crippen LogP contribution is -2.41. The summed E-state index contributed by atoms with van der Waals surface area (Å²) >= 11 is 0. The van der Waals surface area contributed by atoms with Gasteiger partial charge >= 0.3 is 0 Å². The van der Waals surface area contributed by atoms with E-state index in [9.17, 15) is 13.6 Å². The van der Waals surface area contributed by atoms with E-state index < -0.39 is 11.6 Å². The monoisotopic (exact) mass is 399 g/mol. The van der Waals surface area contributed by atoms with Gasteiger partial charge in [0.2, 0.25) is 0 Å². The third kappa shape index (κ3) is 4.39. The fourth-order valence-electron chi connectivity index (χ4n) is 3.92. The van der Waals surface area contributed by atoms with Gasteiger partial charge in [-0.1, -0.05) is 25.3 Å². The quantitative estimate of drug-likeness (QED) is 0.600. The Morgan fingerprint density at radius 2 is 2.00 bits per heavy atom. The number of carbonyl (C=O) groups excluding carboxylic acids is 1. The Morgan fingerprint density at radius 1 is 1.17 bits per heavy atom. The average Bonchev–Trinajstić information content (AvgIpc) is 3.41. The van der Waals surface area contributed by atoms with Crippen molar-refractivity contribution >= 4 is 5.91 Å². The highest BCUT2D eigenvalue weighted by Gasteiger charge is 2.29. The molecule has 7 heteroatoms. The van der Waals surface area contributed by atoms with Gasteiger partial charge in [-0.3, -0.25) is 4.79 Å². The number of furan rings is 1. The van der Waals surface area contributed by atoms with Gasteiger partial charge in [-0.2, -0.15) is 0 Å². The van der Waals surface area contributed by atoms with Crippen LogP contribution in [0.3, 0.4) is 0 Å². The Bertz CT molecular complexity index is 962. The lowest BCUT2D eigenvalue weighted by atomic mass is 9.94. The molecule has 0 N–H and O–H groups in total. The molecule has 0 radical (unpaired) electrons. The summed E-state index contributed by atoms with van der Waals surface area (Å²) in [5, 5.41) is 0. The first kappa shape index (κ1) is 19.4. The van der Waals surface area contributed by atoms with Gasteiger partial charge in [-0.15, -0.1) is 0 Å². The number of amides is 1. The van der Waals surface area contributed by atoms with Crippen LogP contribution in [0.25, 0.3) is 0 Å². The molecule has 152 valence electrons. The first-order valence-electron chi connectivity index (χ1n) is 9.90. The fraction of sp³-hybridized carbons (Fsp3) is 0.364. The fourth-order valence-corrected chi connectivity index (χ4v) is 3.92. The second kappa shape index (κ2) is 8.59. The molecule has 1 aliphatic carbocycles. The second-order valence-electron chi connectivity index (χ2n) is 7.42. The standard InChI is InChI=1S/C22H23F2N3O2/c23-18-9-8-16(13-19(18)24)14-26-11-10-25-21(26)15-27(17-5-2-1-3-6-17)22(28)20-7-4-12-29-20/h4,7-13,17H,1-3,5-6,14-15H2. The van der Waals surface area contributed by atoms with Gasteiger partial charge in [0.15, 0.2) is 17.4 Å². The van der Waals surface area contributed by atoms with Crippen LogP contribution in [0.1, 0.15) is 54.0 Å². The molecule has 1 fully saturated rings. The number of imidazole rings is 1. The van der Waals surface area contributed by atoms with Crippen LogP contribution >= 0.6 is 0 Å². The van der Waals surface area contributed by atoms with E-state index in [4.69, 9.17) is 4.42 Å². The molecule has 4 rings (SSSR count). The second-order valence-corrected chi connectivity index (χ2v) is 7.42. The molecule has 0 unspecified atom stereocenters. The van der Waals surface area contributed by atoms with Crippen molar-refractivity contribution < 1.29 is 18.0 Å². The van der Waals surface area contributed by atoms with Crippen molar-refractivity contribution in [1.29, 1.82) is 0 Å². The minimum atomic E-state index is -0.874. The smallest absolute Gasteiger partial charge is 0.290 e. The van der Waals surface area contributed by atoms with E-state index in [2.05, 4.69) is 4.98 Å². The van der Waals surface area contributed by atoms with Gasteiger partial charge in [-0.05, 0) is 42.7 Å². The zero-order valence-corrected chi connectivity index (χ0v) is 16.1. The number of benzene rings is 1. The molecule has 3 aromatic rings. The van der Waals surface area contributed by atoms with Gasteiger partial charge in [-0.25, -0.2) is 13.8 Å². The van der Waals surface area contributed by atoms with Gasteiger partial charge in [0.25, 0.3) is 5.91 Å². The van der Waals surface area contributed by atoms with Gasteiger partial charge < -0.3 is 13.9 Å². The Balaban J connectivity index is 1.57. The summed E-state index contributed by atoms with van der Waals surface area (Å²) in [5.41, 5.74) is 0.629. The highest BCUT2D eigenvalue weighted by Crippen LogP contribution is 2.26. The average molecular weight is 399 g/mol. The lowest BCUT2D eigenvalue weighted by molar-refractivity contribution is 0.0572. The molecule has 29 heavy (non-hydrogen) atoms. The van der Waals surface area contributed by atoms with Crippen molar-refractivity contribution in [1.82, 2.24) is 14.5 Å². The van der Waals surface area contributed by atoms with Crippen molar-refractivity contribution in [3.8, 4) is 0 Å². The summed E-state index contributed by atoms with van der Waals surface area (Å²) in [7, 11) is 0. The van der Waals surface area contributed by atoms with E-state index in [0.29, 0.717) is 30.2 Å². The Morgan fingerprint density at radius 3 is 2.72 bits per heavy atom. The zero-order chi connectivity index (χ0) is 20.2. The largest absolute Gasteiger partial charge is 0.459 e. The Labute approximate surface area is 168 Å². The zero-order valence-electron chi connectivity index (χ0n) is 16.1. The number of hydrogen-bond acceptors (Lipinski definition) is 3. The number of rotatable bonds is 6. The number of hydrogen-bond donors (Lipinski definition) is 0. The maximum absolute atomic E-state index is 13.6. The first-order chi connectivity index (χ1) is 14.1. The van der Waals surface area contributed by atoms with E-state index in [-0.39, 0.29) is 11.9 Å². The van der Waals surface area contributed by atoms with Crippen LogP contribution in [0.4, 0.5) is 8.78 Å². The van der Waals surface area contributed by atoms with Crippen LogP contribution in [-0.4, -0.2) is 26.4 Å². The maximum Gasteiger partial charge on any atom is 0.290 e. The van der Waals surface area contributed by atoms with Crippen LogP contribution in [0.5, 0.6) is 0 Å². The van der Waals surface area contributed by atoms with Crippen LogP contribution in [0.2, 0.25) is 0 Å². The van der Waals surface area contributed by atoms with Crippen molar-refractivity contribution in [2.24, 2.45) is 0 Å². The maximum atomic E-state index is 13.6. The van der Waals surface area contributed by atoms with Crippen LogP contribution in [0.15, 0.2) is 53.4 Å². The number of aromatic nitrogens is 2. The summed E-state index contributed by atoms with van der Waals surface area (Å²) in [6.07, 6.45) is 10.2. The molecule has 5 nitrogen and oxygen atoms in total. The third-order valence-electron chi connectivity index (χ3n) is 5.46. The lowest BCUT2D eigenvalue weighted by Gasteiger charge is -2.33. The van der Waals surface area contributed by atoms with E-state index in [1.807, 2.05) is 9.47 Å². The Hall–Kier alpha value is -2.96. The minimum Gasteiger partial charge on any atom is -0.459 e. The molecular formula is C22H23F2N3O2. The minimum absolute atomic E-state index is 0.134. The third-order valence-corrected chi connectivity index (χ3v) is 5.46. The molecule has 0 bridgehead atoms. The predicted octanol–water partition coefficient (Wildman–Crippen LogP) is 4.78. The molecule has 2 heterocycles. The molecule has 1 saturated carbocycles. The number of carbonyl (C=O) groups is 1. The SMILES string of the molecule is O=C(c1ccco1)N(Cc1nccn1Cc1ccc(F)c(F)c1)C1CCCCC1. The summed E-state index contributed by atoms with van der Waals surface area (Å²) in [5.74, 6) is -0.883. The molecule has 1 amide bonds. The van der Waals surface area contributed by atoms with Gasteiger partial charge in [0.1, 0.15) is 5.82 Å². The van der Waals surface area contributed by atoms with Crippen LogP contribution in [-0.2, 0) is 13.1 Å². The number of halogens is 2. The summed E-state index contributed by atoms with van der Waals surface area (Å²) < 4.78 is 34.0. The summed E-state index contributed by atoms with van der Waals surface area (Å²) in [6.45, 7) is 0.681. The first-order valence-corrected chi connectivity index (χ1v) is 9.90. The highest BCUT2D eigenvalue weighted by molar-refractivity contribution is 5.91. The van der Waals surface area contributed by atoms with Gasteiger partial charge in [0, 0.05) is 25.0 Å². The van der Waals surface area contributed by atoms with Crippen molar-refractivity contribution in [3.05, 3.63) is 77.8 Å². The normalized spacial score (nSPS) is 14.8. The molecular weight excluding hydrogens is 376 g/mol. The van der Waals surface area contributed by atoms with Crippen molar-refractivity contribution in [3.63, 3.8) is 0 Å². The molecule has 2 aromatic heterocycles. The Kier molecular flexibility index (Phi) is 5.74. The molecule has 0 aliphatic heterocycles. The van der Waals surface area contributed by atoms with E-state index >= 15 is 0 Å². The van der Waals surface area contributed by atoms with E-state index in [1.165, 1.54) is 18.8 Å². The number of nitrogens with zero attached hydrogens (tertiary/aromatic N) is 3. The highest BCUT2D eigenvalue weighted by atomic mass is 19.2. The molecule has 1 aromatic carbocycles. The van der Waals surface area contributed by atoms with Crippen LogP contribution < -0.4 is 0 Å². The van der Waals surface area contributed by atoms with Crippen molar-refractivity contribution in [2.45, 2.75) is 51.2 Å². The van der Waals surface area contributed by atoms with Crippen molar-refractivity contribution in [2.75, 3.05) is 0 Å². The van der Waals surface area contributed by atoms with E-state index in [0.717, 1.165) is 31.7 Å². The topological polar surface area (TPSA) is 51.3 Å². The molecule has 0 spiro atoms. The molecule has 0 atom stereocenters. The van der Waals surface area contributed by atoms with Crippen LogP contribution in [0, 0.1) is 11.6 Å². The summed E-state index contributed by atoms with van der Waals surface area (Å²) in [4.78, 5) is 19.3. The predicted molar refractivity (Wildman–Crippen MR) is 103 cm³/mol. The molecule has 0 saturated heterocycles. The van der Waals surface area contributed by atoms with Gasteiger partial charge in [0.05, 0.1) is 12.8 Å². The summed E-state index contributed by atoms with van der Waals surface area (Å²) in [6, 6.07) is 7.37. The molecule has 1 aliphatic rings. The van der Waals surface area contributed by atoms with E-state index in [1.54, 1.807) is 30.6 Å².